The molecule has 0 spiro atoms. The molecule has 0 atom stereocenters. The van der Waals surface area contributed by atoms with Crippen LogP contribution in [-0.2, 0) is 22.4 Å². The van der Waals surface area contributed by atoms with Crippen molar-refractivity contribution in [2.24, 2.45) is 0 Å². The van der Waals surface area contributed by atoms with Crippen LogP contribution >= 0.6 is 34.4 Å². The van der Waals surface area contributed by atoms with Crippen molar-refractivity contribution in [1.82, 2.24) is 10.2 Å². The Morgan fingerprint density at radius 1 is 1.05 bits per heavy atom. The topological polar surface area (TPSA) is 129 Å². The second-order valence-electron chi connectivity index (χ2n) is 8.22. The molecule has 1 aliphatic heterocycles. The van der Waals surface area contributed by atoms with Crippen LogP contribution in [0, 0.1) is 0 Å². The molecule has 3 heterocycles. The van der Waals surface area contributed by atoms with E-state index < -0.39 is 5.97 Å². The number of nitrogens with zero attached hydrogens (tertiary/aromatic N) is 2. The highest BCUT2D eigenvalue weighted by molar-refractivity contribution is 8.01. The summed E-state index contributed by atoms with van der Waals surface area (Å²) in [6, 6.07) is 4.92. The Hall–Kier alpha value is -3.16. The Morgan fingerprint density at radius 3 is 2.76 bits per heavy atom. The van der Waals surface area contributed by atoms with Crippen LogP contribution in [0.4, 0.5) is 10.1 Å². The van der Waals surface area contributed by atoms with Gasteiger partial charge in [-0.3, -0.25) is 14.9 Å². The van der Waals surface area contributed by atoms with Gasteiger partial charge in [0, 0.05) is 10.4 Å². The molecular weight excluding hydrogens is 536 g/mol. The standard InChI is InChI=1S/C24H24N4O6S3/c1-2-32-22(31)19-14-6-4-3-5-7-17(14)36-21(19)25-18(29)11-35-24-28-27-23(37-24)26-20(30)13-8-9-15-16(10-13)34-12-33-15/h8-10H,2-7,11-12H2,1H3,(H,25,29)(H,26,27,30). The minimum Gasteiger partial charge on any atom is -0.462 e. The first-order valence-corrected chi connectivity index (χ1v) is 14.4. The average molecular weight is 561 g/mol. The number of benzene rings is 1. The highest BCUT2D eigenvalue weighted by Crippen LogP contribution is 2.38. The number of aryl methyl sites for hydroxylation is 1. The molecular formula is C24H24N4O6S3. The molecule has 194 valence electrons. The predicted octanol–water partition coefficient (Wildman–Crippen LogP) is 4.76. The van der Waals surface area contributed by atoms with E-state index in [2.05, 4.69) is 20.8 Å². The summed E-state index contributed by atoms with van der Waals surface area (Å²) >= 11 is 3.84. The van der Waals surface area contributed by atoms with Gasteiger partial charge in [-0.1, -0.05) is 29.5 Å². The first-order valence-electron chi connectivity index (χ1n) is 11.8. The fourth-order valence-corrected chi connectivity index (χ4v) is 6.91. The van der Waals surface area contributed by atoms with Crippen molar-refractivity contribution in [3.63, 3.8) is 0 Å². The summed E-state index contributed by atoms with van der Waals surface area (Å²) in [5, 5.41) is 14.5. The Kier molecular flexibility index (Phi) is 7.91. The number of ether oxygens (including phenoxy) is 3. The molecule has 2 amide bonds. The van der Waals surface area contributed by atoms with Crippen LogP contribution in [0.3, 0.4) is 0 Å². The minimum atomic E-state index is -0.392. The number of fused-ring (bicyclic) bond motifs is 2. The quantitative estimate of drug-likeness (QED) is 0.173. The molecule has 0 bridgehead atoms. The van der Waals surface area contributed by atoms with Crippen molar-refractivity contribution in [3.05, 3.63) is 39.8 Å². The van der Waals surface area contributed by atoms with Crippen LogP contribution in [-0.4, -0.2) is 47.1 Å². The van der Waals surface area contributed by atoms with Gasteiger partial charge in [0.2, 0.25) is 17.8 Å². The zero-order valence-electron chi connectivity index (χ0n) is 20.0. The van der Waals surface area contributed by atoms with Gasteiger partial charge in [0.25, 0.3) is 5.91 Å². The first kappa shape index (κ1) is 25.5. The number of esters is 1. The van der Waals surface area contributed by atoms with Gasteiger partial charge in [0.15, 0.2) is 15.8 Å². The maximum absolute atomic E-state index is 12.7. The Bertz CT molecular complexity index is 1340. The third kappa shape index (κ3) is 5.89. The molecule has 3 aromatic rings. The zero-order chi connectivity index (χ0) is 25.8. The number of anilines is 2. The number of hydrogen-bond donors (Lipinski definition) is 2. The fraction of sp³-hybridized carbons (Fsp3) is 0.375. The largest absolute Gasteiger partial charge is 0.462 e. The molecule has 0 saturated heterocycles. The number of carbonyl (C=O) groups is 3. The Labute approximate surface area is 225 Å². The lowest BCUT2D eigenvalue weighted by Crippen LogP contribution is -2.16. The second-order valence-corrected chi connectivity index (χ2v) is 11.5. The van der Waals surface area contributed by atoms with E-state index in [1.165, 1.54) is 34.4 Å². The normalized spacial score (nSPS) is 14.0. The molecule has 2 aliphatic rings. The number of amides is 2. The van der Waals surface area contributed by atoms with Gasteiger partial charge in [-0.2, -0.15) is 0 Å². The van der Waals surface area contributed by atoms with Crippen molar-refractivity contribution in [2.45, 2.75) is 43.4 Å². The van der Waals surface area contributed by atoms with Gasteiger partial charge in [-0.05, 0) is 56.4 Å². The summed E-state index contributed by atoms with van der Waals surface area (Å²) in [6.45, 7) is 2.17. The summed E-state index contributed by atoms with van der Waals surface area (Å²) in [6.07, 6.45) is 4.94. The van der Waals surface area contributed by atoms with E-state index in [-0.39, 0.29) is 31.0 Å². The average Bonchev–Trinajstić information content (AvgIpc) is 3.58. The van der Waals surface area contributed by atoms with Crippen LogP contribution in [0.25, 0.3) is 0 Å². The van der Waals surface area contributed by atoms with E-state index in [0.717, 1.165) is 42.5 Å². The van der Waals surface area contributed by atoms with Gasteiger partial charge in [0.1, 0.15) is 5.00 Å². The van der Waals surface area contributed by atoms with Gasteiger partial charge >= 0.3 is 5.97 Å². The minimum absolute atomic E-state index is 0.0789. The first-order chi connectivity index (χ1) is 18.0. The maximum atomic E-state index is 12.7. The van der Waals surface area contributed by atoms with E-state index in [1.807, 2.05) is 0 Å². The molecule has 10 nitrogen and oxygen atoms in total. The van der Waals surface area contributed by atoms with Crippen LogP contribution in [0.1, 0.15) is 57.3 Å². The molecule has 1 aliphatic carbocycles. The SMILES string of the molecule is CCOC(=O)c1c(NC(=O)CSc2nnc(NC(=O)c3ccc4c(c3)OCO4)s2)sc2c1CCCCC2. The lowest BCUT2D eigenvalue weighted by molar-refractivity contribution is -0.113. The Morgan fingerprint density at radius 2 is 1.89 bits per heavy atom. The number of thiophene rings is 1. The number of aromatic nitrogens is 2. The van der Waals surface area contributed by atoms with E-state index in [9.17, 15) is 14.4 Å². The Balaban J connectivity index is 1.19. The molecule has 13 heteroatoms. The molecule has 0 unspecified atom stereocenters. The molecule has 37 heavy (non-hydrogen) atoms. The van der Waals surface area contributed by atoms with Gasteiger partial charge in [-0.25, -0.2) is 4.79 Å². The van der Waals surface area contributed by atoms with Crippen molar-refractivity contribution in [3.8, 4) is 11.5 Å². The number of rotatable bonds is 8. The second kappa shape index (κ2) is 11.5. The summed E-state index contributed by atoms with van der Waals surface area (Å²) in [4.78, 5) is 39.1. The highest BCUT2D eigenvalue weighted by Gasteiger charge is 2.27. The molecule has 2 N–H and O–H groups in total. The van der Waals surface area contributed by atoms with Crippen molar-refractivity contribution >= 4 is 62.4 Å². The molecule has 1 aromatic carbocycles. The predicted molar refractivity (Wildman–Crippen MR) is 141 cm³/mol. The molecule has 2 aromatic heterocycles. The van der Waals surface area contributed by atoms with Gasteiger partial charge in [-0.15, -0.1) is 21.5 Å². The van der Waals surface area contributed by atoms with Gasteiger partial charge < -0.3 is 19.5 Å². The third-order valence-corrected chi connectivity index (χ3v) is 8.92. The van der Waals surface area contributed by atoms with E-state index in [0.29, 0.717) is 37.1 Å². The summed E-state index contributed by atoms with van der Waals surface area (Å²) < 4.78 is 16.4. The molecule has 0 fully saturated rings. The number of hydrogen-bond acceptors (Lipinski definition) is 11. The third-order valence-electron chi connectivity index (χ3n) is 5.74. The number of thioether (sulfide) groups is 1. The van der Waals surface area contributed by atoms with Crippen molar-refractivity contribution in [2.75, 3.05) is 29.8 Å². The lowest BCUT2D eigenvalue weighted by Gasteiger charge is -2.08. The van der Waals surface area contributed by atoms with Crippen LogP contribution in [0.15, 0.2) is 22.5 Å². The molecule has 0 radical (unpaired) electrons. The number of nitrogens with one attached hydrogen (secondary N) is 2. The van der Waals surface area contributed by atoms with Gasteiger partial charge in [0.05, 0.1) is 17.9 Å². The van der Waals surface area contributed by atoms with Crippen LogP contribution in [0.2, 0.25) is 0 Å². The summed E-state index contributed by atoms with van der Waals surface area (Å²) in [5.74, 6) is 0.185. The van der Waals surface area contributed by atoms with E-state index in [4.69, 9.17) is 14.2 Å². The van der Waals surface area contributed by atoms with Crippen LogP contribution < -0.4 is 20.1 Å². The van der Waals surface area contributed by atoms with E-state index in [1.54, 1.807) is 25.1 Å². The van der Waals surface area contributed by atoms with Crippen molar-refractivity contribution < 1.29 is 28.6 Å². The summed E-state index contributed by atoms with van der Waals surface area (Å²) in [7, 11) is 0. The van der Waals surface area contributed by atoms with E-state index >= 15 is 0 Å². The zero-order valence-corrected chi connectivity index (χ0v) is 22.4. The van der Waals surface area contributed by atoms with Crippen LogP contribution in [0.5, 0.6) is 11.5 Å². The monoisotopic (exact) mass is 560 g/mol. The number of carbonyl (C=O) groups excluding carboxylic acids is 3. The fourth-order valence-electron chi connectivity index (χ4n) is 4.07. The molecule has 5 rings (SSSR count). The molecule has 0 saturated carbocycles. The maximum Gasteiger partial charge on any atom is 0.341 e. The lowest BCUT2D eigenvalue weighted by atomic mass is 10.1. The highest BCUT2D eigenvalue weighted by atomic mass is 32.2. The van der Waals surface area contributed by atoms with Crippen molar-refractivity contribution in [1.29, 1.82) is 0 Å². The summed E-state index contributed by atoms with van der Waals surface area (Å²) in [5.41, 5.74) is 1.90. The smallest absolute Gasteiger partial charge is 0.341 e.